The van der Waals surface area contributed by atoms with Crippen LogP contribution in [0.5, 0.6) is 0 Å². The van der Waals surface area contributed by atoms with Crippen LogP contribution in [-0.2, 0) is 13.5 Å². The highest BCUT2D eigenvalue weighted by atomic mass is 15.6. The van der Waals surface area contributed by atoms with Crippen LogP contribution in [0.1, 0.15) is 51.8 Å². The maximum Gasteiger partial charge on any atom is 0.175 e. The fourth-order valence-electron chi connectivity index (χ4n) is 3.73. The maximum absolute atomic E-state index is 4.39. The highest BCUT2D eigenvalue weighted by Gasteiger charge is 2.33. The van der Waals surface area contributed by atoms with Gasteiger partial charge >= 0.3 is 0 Å². The van der Waals surface area contributed by atoms with Crippen LogP contribution in [0, 0.1) is 23.7 Å². The lowest BCUT2D eigenvalue weighted by Gasteiger charge is -2.37. The van der Waals surface area contributed by atoms with E-state index in [0.717, 1.165) is 36.0 Å². The molecule has 0 aromatic carbocycles. The Kier molecular flexibility index (Phi) is 4.57. The molecule has 5 heteroatoms. The number of nitrogens with one attached hydrogen (secondary N) is 1. The fourth-order valence-corrected chi connectivity index (χ4v) is 3.73. The first-order chi connectivity index (χ1) is 10.1. The van der Waals surface area contributed by atoms with E-state index in [2.05, 4.69) is 34.6 Å². The molecule has 3 rings (SSSR count). The van der Waals surface area contributed by atoms with Gasteiger partial charge in [0, 0.05) is 12.5 Å². The van der Waals surface area contributed by atoms with Crippen molar-refractivity contribution in [1.82, 2.24) is 25.5 Å². The minimum Gasteiger partial charge on any atom is -0.314 e. The first-order valence-electron chi connectivity index (χ1n) is 8.58. The number of aromatic nitrogens is 4. The third-order valence-corrected chi connectivity index (χ3v) is 5.36. The number of aryl methyl sites for hydroxylation is 1. The van der Waals surface area contributed by atoms with Gasteiger partial charge in [0.1, 0.15) is 0 Å². The van der Waals surface area contributed by atoms with Gasteiger partial charge in [0.15, 0.2) is 5.82 Å². The van der Waals surface area contributed by atoms with Gasteiger partial charge in [-0.05, 0) is 67.5 Å². The quantitative estimate of drug-likeness (QED) is 0.873. The van der Waals surface area contributed by atoms with Crippen LogP contribution in [0.3, 0.4) is 0 Å². The smallest absolute Gasteiger partial charge is 0.175 e. The van der Waals surface area contributed by atoms with Gasteiger partial charge in [-0.1, -0.05) is 13.8 Å². The van der Waals surface area contributed by atoms with E-state index in [9.17, 15) is 0 Å². The minimum absolute atomic E-state index is 0.710. The van der Waals surface area contributed by atoms with E-state index in [4.69, 9.17) is 0 Å². The number of rotatable bonds is 6. The normalized spacial score (nSPS) is 30.0. The first kappa shape index (κ1) is 14.9. The summed E-state index contributed by atoms with van der Waals surface area (Å²) in [4.78, 5) is 1.58. The van der Waals surface area contributed by atoms with Gasteiger partial charge in [0.25, 0.3) is 0 Å². The predicted octanol–water partition coefficient (Wildman–Crippen LogP) is 2.19. The molecular weight excluding hydrogens is 262 g/mol. The molecule has 3 atom stereocenters. The zero-order valence-corrected chi connectivity index (χ0v) is 13.6. The average molecular weight is 291 g/mol. The molecule has 2 aliphatic carbocycles. The largest absolute Gasteiger partial charge is 0.314 e. The summed E-state index contributed by atoms with van der Waals surface area (Å²) in [6, 6.07) is 0.808. The molecule has 21 heavy (non-hydrogen) atoms. The molecule has 118 valence electrons. The molecule has 2 saturated carbocycles. The molecule has 5 nitrogen and oxygen atoms in total. The van der Waals surface area contributed by atoms with Crippen LogP contribution in [-0.4, -0.2) is 32.8 Å². The Hall–Kier alpha value is -0.970. The second-order valence-corrected chi connectivity index (χ2v) is 7.42. The van der Waals surface area contributed by atoms with E-state index >= 15 is 0 Å². The molecule has 0 spiro atoms. The summed E-state index contributed by atoms with van der Waals surface area (Å²) in [5.74, 6) is 4.07. The van der Waals surface area contributed by atoms with Gasteiger partial charge in [0.2, 0.25) is 0 Å². The lowest BCUT2D eigenvalue weighted by Crippen LogP contribution is -2.36. The van der Waals surface area contributed by atoms with Crippen molar-refractivity contribution < 1.29 is 0 Å². The standard InChI is InChI=1S/C16H29N5/c1-11(2)12-4-5-13(10-17-15-6-7-15)14(8-12)9-16-18-20-21(3)19-16/h11-15,17H,4-10H2,1-3H3. The molecule has 1 heterocycles. The van der Waals surface area contributed by atoms with Crippen molar-refractivity contribution in [3.05, 3.63) is 5.82 Å². The Morgan fingerprint density at radius 1 is 1.19 bits per heavy atom. The Labute approximate surface area is 127 Å². The van der Waals surface area contributed by atoms with Crippen molar-refractivity contribution in [1.29, 1.82) is 0 Å². The van der Waals surface area contributed by atoms with E-state index in [1.54, 1.807) is 4.80 Å². The van der Waals surface area contributed by atoms with Crippen molar-refractivity contribution in [2.24, 2.45) is 30.7 Å². The summed E-state index contributed by atoms with van der Waals surface area (Å²) < 4.78 is 0. The van der Waals surface area contributed by atoms with Crippen molar-refractivity contribution >= 4 is 0 Å². The second-order valence-electron chi connectivity index (χ2n) is 7.42. The monoisotopic (exact) mass is 291 g/mol. The van der Waals surface area contributed by atoms with Crippen LogP contribution in [0.15, 0.2) is 0 Å². The van der Waals surface area contributed by atoms with Gasteiger partial charge in [-0.15, -0.1) is 10.2 Å². The Morgan fingerprint density at radius 3 is 2.62 bits per heavy atom. The van der Waals surface area contributed by atoms with E-state index in [1.165, 1.54) is 38.6 Å². The van der Waals surface area contributed by atoms with Crippen LogP contribution in [0.25, 0.3) is 0 Å². The van der Waals surface area contributed by atoms with E-state index in [1.807, 2.05) is 7.05 Å². The summed E-state index contributed by atoms with van der Waals surface area (Å²) in [6.45, 7) is 5.91. The number of hydrogen-bond donors (Lipinski definition) is 1. The highest BCUT2D eigenvalue weighted by Crippen LogP contribution is 2.39. The van der Waals surface area contributed by atoms with Crippen molar-refractivity contribution in [2.45, 2.75) is 58.4 Å². The van der Waals surface area contributed by atoms with E-state index < -0.39 is 0 Å². The second kappa shape index (κ2) is 6.42. The highest BCUT2D eigenvalue weighted by molar-refractivity contribution is 4.91. The predicted molar refractivity (Wildman–Crippen MR) is 82.7 cm³/mol. The zero-order valence-electron chi connectivity index (χ0n) is 13.6. The van der Waals surface area contributed by atoms with Crippen LogP contribution in [0.2, 0.25) is 0 Å². The molecule has 0 saturated heterocycles. The van der Waals surface area contributed by atoms with E-state index in [-0.39, 0.29) is 0 Å². The minimum atomic E-state index is 0.710. The zero-order chi connectivity index (χ0) is 14.8. The Morgan fingerprint density at radius 2 is 2.00 bits per heavy atom. The third kappa shape index (κ3) is 4.02. The molecule has 0 radical (unpaired) electrons. The third-order valence-electron chi connectivity index (χ3n) is 5.36. The molecular formula is C16H29N5. The Bertz CT molecular complexity index is 451. The van der Waals surface area contributed by atoms with Crippen LogP contribution < -0.4 is 5.32 Å². The molecule has 1 N–H and O–H groups in total. The first-order valence-corrected chi connectivity index (χ1v) is 8.58. The number of nitrogens with zero attached hydrogens (tertiary/aromatic N) is 4. The molecule has 0 amide bonds. The molecule has 0 aliphatic heterocycles. The van der Waals surface area contributed by atoms with Gasteiger partial charge in [-0.2, -0.15) is 4.80 Å². The summed E-state index contributed by atoms with van der Waals surface area (Å²) >= 11 is 0. The van der Waals surface area contributed by atoms with Crippen molar-refractivity contribution in [2.75, 3.05) is 6.54 Å². The molecule has 2 aliphatic rings. The van der Waals surface area contributed by atoms with Crippen LogP contribution in [0.4, 0.5) is 0 Å². The van der Waals surface area contributed by atoms with Gasteiger partial charge < -0.3 is 5.32 Å². The molecule has 3 unspecified atom stereocenters. The van der Waals surface area contributed by atoms with Crippen molar-refractivity contribution in [3.63, 3.8) is 0 Å². The summed E-state index contributed by atoms with van der Waals surface area (Å²) in [5, 5.41) is 16.3. The van der Waals surface area contributed by atoms with Crippen molar-refractivity contribution in [3.8, 4) is 0 Å². The molecule has 1 aromatic rings. The van der Waals surface area contributed by atoms with Crippen LogP contribution >= 0.6 is 0 Å². The average Bonchev–Trinajstić information content (AvgIpc) is 3.19. The number of hydrogen-bond acceptors (Lipinski definition) is 4. The summed E-state index contributed by atoms with van der Waals surface area (Å²) in [5.41, 5.74) is 0. The Balaban J connectivity index is 1.62. The van der Waals surface area contributed by atoms with E-state index in [0.29, 0.717) is 5.92 Å². The lowest BCUT2D eigenvalue weighted by atomic mass is 9.69. The SMILES string of the molecule is CC(C)C1CCC(CNC2CC2)C(Cc2nnn(C)n2)C1. The lowest BCUT2D eigenvalue weighted by molar-refractivity contribution is 0.142. The number of tetrazole rings is 1. The van der Waals surface area contributed by atoms with Gasteiger partial charge in [-0.3, -0.25) is 0 Å². The maximum atomic E-state index is 4.39. The van der Waals surface area contributed by atoms with Gasteiger partial charge in [-0.25, -0.2) is 0 Å². The molecule has 2 fully saturated rings. The topological polar surface area (TPSA) is 55.6 Å². The fraction of sp³-hybridized carbons (Fsp3) is 0.938. The summed E-state index contributed by atoms with van der Waals surface area (Å²) in [6.07, 6.45) is 7.81. The molecule has 1 aromatic heterocycles. The van der Waals surface area contributed by atoms with Gasteiger partial charge in [0.05, 0.1) is 7.05 Å². The summed E-state index contributed by atoms with van der Waals surface area (Å²) in [7, 11) is 1.85. The molecule has 0 bridgehead atoms.